The molecule has 1 amide bonds. The van der Waals surface area contributed by atoms with Crippen LogP contribution in [0.5, 0.6) is 0 Å². The lowest BCUT2D eigenvalue weighted by atomic mass is 9.83. The highest BCUT2D eigenvalue weighted by Crippen LogP contribution is 2.37. The smallest absolute Gasteiger partial charge is 0.225 e. The van der Waals surface area contributed by atoms with Gasteiger partial charge in [0, 0.05) is 44.5 Å². The van der Waals surface area contributed by atoms with Gasteiger partial charge in [0.25, 0.3) is 0 Å². The lowest BCUT2D eigenvalue weighted by Crippen LogP contribution is -2.43. The van der Waals surface area contributed by atoms with Crippen molar-refractivity contribution in [2.45, 2.75) is 31.8 Å². The van der Waals surface area contributed by atoms with Gasteiger partial charge in [-0.1, -0.05) is 0 Å². The van der Waals surface area contributed by atoms with Gasteiger partial charge in [-0.05, 0) is 31.2 Å². The first-order valence-corrected chi connectivity index (χ1v) is 8.72. The minimum Gasteiger partial charge on any atom is -0.377 e. The number of likely N-dealkylation sites (tertiary alicyclic amines) is 1. The monoisotopic (exact) mass is 316 g/mol. The van der Waals surface area contributed by atoms with E-state index in [4.69, 9.17) is 4.74 Å². The van der Waals surface area contributed by atoms with Gasteiger partial charge in [0.15, 0.2) is 0 Å². The second-order valence-electron chi connectivity index (χ2n) is 6.87. The molecule has 3 atom stereocenters. The van der Waals surface area contributed by atoms with Crippen molar-refractivity contribution in [3.63, 3.8) is 0 Å². The van der Waals surface area contributed by atoms with Gasteiger partial charge in [-0.25, -0.2) is 9.97 Å². The average molecular weight is 316 g/mol. The SMILES string of the molecule is O=C(C[C@@H]1OC[C@@H]2CN(c3ncccn3)CC[C@@H]21)N1CCCC1. The van der Waals surface area contributed by atoms with Crippen molar-refractivity contribution in [3.05, 3.63) is 18.5 Å². The molecule has 23 heavy (non-hydrogen) atoms. The summed E-state index contributed by atoms with van der Waals surface area (Å²) in [6.45, 7) is 4.50. The lowest BCUT2D eigenvalue weighted by Gasteiger charge is -2.35. The maximum atomic E-state index is 12.4. The predicted octanol–water partition coefficient (Wildman–Crippen LogP) is 1.33. The summed E-state index contributed by atoms with van der Waals surface area (Å²) < 4.78 is 6.00. The zero-order valence-electron chi connectivity index (χ0n) is 13.4. The van der Waals surface area contributed by atoms with Crippen molar-refractivity contribution in [3.8, 4) is 0 Å². The number of ether oxygens (including phenoxy) is 1. The molecule has 0 N–H and O–H groups in total. The Balaban J connectivity index is 1.35. The minimum absolute atomic E-state index is 0.104. The van der Waals surface area contributed by atoms with Crippen LogP contribution in [-0.4, -0.2) is 59.7 Å². The van der Waals surface area contributed by atoms with Gasteiger partial charge in [-0.2, -0.15) is 0 Å². The highest BCUT2D eigenvalue weighted by Gasteiger charge is 2.42. The van der Waals surface area contributed by atoms with E-state index in [0.29, 0.717) is 18.3 Å². The Labute approximate surface area is 136 Å². The van der Waals surface area contributed by atoms with Gasteiger partial charge in [0.05, 0.1) is 19.1 Å². The topological polar surface area (TPSA) is 58.6 Å². The van der Waals surface area contributed by atoms with Gasteiger partial charge in [0.2, 0.25) is 11.9 Å². The molecule has 0 spiro atoms. The number of rotatable bonds is 3. The van der Waals surface area contributed by atoms with Crippen LogP contribution in [0.25, 0.3) is 0 Å². The van der Waals surface area contributed by atoms with Crippen LogP contribution in [0.3, 0.4) is 0 Å². The molecule has 6 nitrogen and oxygen atoms in total. The molecule has 4 heterocycles. The minimum atomic E-state index is 0.104. The number of hydrogen-bond acceptors (Lipinski definition) is 5. The van der Waals surface area contributed by atoms with E-state index in [1.165, 1.54) is 0 Å². The molecule has 0 unspecified atom stereocenters. The molecule has 1 aromatic rings. The average Bonchev–Trinajstić information content (AvgIpc) is 3.25. The van der Waals surface area contributed by atoms with Gasteiger partial charge in [-0.3, -0.25) is 4.79 Å². The van der Waals surface area contributed by atoms with Crippen molar-refractivity contribution in [2.24, 2.45) is 11.8 Å². The molecule has 3 saturated heterocycles. The summed E-state index contributed by atoms with van der Waals surface area (Å²) in [5, 5.41) is 0. The van der Waals surface area contributed by atoms with Crippen molar-refractivity contribution in [2.75, 3.05) is 37.7 Å². The summed E-state index contributed by atoms with van der Waals surface area (Å²) in [7, 11) is 0. The molecular weight excluding hydrogens is 292 g/mol. The molecule has 0 saturated carbocycles. The van der Waals surface area contributed by atoms with Crippen LogP contribution < -0.4 is 4.90 Å². The molecule has 0 aliphatic carbocycles. The number of anilines is 1. The van der Waals surface area contributed by atoms with Crippen LogP contribution in [0.1, 0.15) is 25.7 Å². The zero-order valence-corrected chi connectivity index (χ0v) is 13.4. The number of carbonyl (C=O) groups is 1. The Morgan fingerprint density at radius 3 is 2.78 bits per heavy atom. The molecular formula is C17H24N4O2. The van der Waals surface area contributed by atoms with Crippen LogP contribution in [0.15, 0.2) is 18.5 Å². The van der Waals surface area contributed by atoms with E-state index in [0.717, 1.165) is 58.0 Å². The molecule has 0 aromatic carbocycles. The first-order valence-electron chi connectivity index (χ1n) is 8.72. The Kier molecular flexibility index (Phi) is 4.16. The predicted molar refractivity (Wildman–Crippen MR) is 86.0 cm³/mol. The number of aromatic nitrogens is 2. The molecule has 124 valence electrons. The fourth-order valence-electron chi connectivity index (χ4n) is 4.20. The maximum absolute atomic E-state index is 12.4. The van der Waals surface area contributed by atoms with E-state index in [2.05, 4.69) is 14.9 Å². The largest absolute Gasteiger partial charge is 0.377 e. The van der Waals surface area contributed by atoms with E-state index in [1.807, 2.05) is 11.0 Å². The molecule has 6 heteroatoms. The van der Waals surface area contributed by atoms with Crippen molar-refractivity contribution in [1.29, 1.82) is 0 Å². The van der Waals surface area contributed by atoms with Crippen molar-refractivity contribution in [1.82, 2.24) is 14.9 Å². The summed E-state index contributed by atoms with van der Waals surface area (Å²) in [5.74, 6) is 2.08. The van der Waals surface area contributed by atoms with Crippen LogP contribution in [-0.2, 0) is 9.53 Å². The summed E-state index contributed by atoms with van der Waals surface area (Å²) in [4.78, 5) is 25.3. The normalized spacial score (nSPS) is 30.5. The molecule has 0 radical (unpaired) electrons. The van der Waals surface area contributed by atoms with Crippen LogP contribution in [0.4, 0.5) is 5.95 Å². The third kappa shape index (κ3) is 3.04. The Morgan fingerprint density at radius 1 is 1.22 bits per heavy atom. The molecule has 1 aromatic heterocycles. The first kappa shape index (κ1) is 14.9. The van der Waals surface area contributed by atoms with E-state index in [1.54, 1.807) is 12.4 Å². The number of fused-ring (bicyclic) bond motifs is 1. The van der Waals surface area contributed by atoms with Crippen LogP contribution in [0.2, 0.25) is 0 Å². The number of carbonyl (C=O) groups excluding carboxylic acids is 1. The lowest BCUT2D eigenvalue weighted by molar-refractivity contribution is -0.132. The summed E-state index contributed by atoms with van der Waals surface area (Å²) in [6, 6.07) is 1.84. The fraction of sp³-hybridized carbons (Fsp3) is 0.706. The summed E-state index contributed by atoms with van der Waals surface area (Å²) in [5.41, 5.74) is 0. The fourth-order valence-corrected chi connectivity index (χ4v) is 4.20. The van der Waals surface area contributed by atoms with E-state index in [9.17, 15) is 4.79 Å². The van der Waals surface area contributed by atoms with Gasteiger partial charge in [-0.15, -0.1) is 0 Å². The van der Waals surface area contributed by atoms with Gasteiger partial charge < -0.3 is 14.5 Å². The Hall–Kier alpha value is -1.69. The maximum Gasteiger partial charge on any atom is 0.225 e. The van der Waals surface area contributed by atoms with E-state index in [-0.39, 0.29) is 12.0 Å². The number of hydrogen-bond donors (Lipinski definition) is 0. The second-order valence-corrected chi connectivity index (χ2v) is 6.87. The third-order valence-electron chi connectivity index (χ3n) is 5.46. The second kappa shape index (κ2) is 6.43. The highest BCUT2D eigenvalue weighted by molar-refractivity contribution is 5.77. The molecule has 3 aliphatic rings. The molecule has 4 rings (SSSR count). The van der Waals surface area contributed by atoms with Crippen LogP contribution >= 0.6 is 0 Å². The molecule has 3 aliphatic heterocycles. The van der Waals surface area contributed by atoms with Crippen molar-refractivity contribution >= 4 is 11.9 Å². The van der Waals surface area contributed by atoms with E-state index < -0.39 is 0 Å². The Morgan fingerprint density at radius 2 is 2.00 bits per heavy atom. The Bertz CT molecular complexity index is 547. The number of piperidine rings is 1. The van der Waals surface area contributed by atoms with Gasteiger partial charge in [0.1, 0.15) is 0 Å². The number of nitrogens with zero attached hydrogens (tertiary/aromatic N) is 4. The molecule has 0 bridgehead atoms. The number of amides is 1. The standard InChI is InChI=1S/C17H24N4O2/c22-16(20-7-1-2-8-20)10-15-14-4-9-21(11-13(14)12-23-15)17-18-5-3-6-19-17/h3,5-6,13-15H,1-2,4,7-12H2/t13-,14-,15-/m0/s1. The quantitative estimate of drug-likeness (QED) is 0.842. The first-order chi connectivity index (χ1) is 11.3. The summed E-state index contributed by atoms with van der Waals surface area (Å²) >= 11 is 0. The van der Waals surface area contributed by atoms with Crippen LogP contribution in [0, 0.1) is 11.8 Å². The summed E-state index contributed by atoms with van der Waals surface area (Å²) in [6.07, 6.45) is 7.59. The highest BCUT2D eigenvalue weighted by atomic mass is 16.5. The zero-order chi connectivity index (χ0) is 15.6. The van der Waals surface area contributed by atoms with Crippen molar-refractivity contribution < 1.29 is 9.53 Å². The van der Waals surface area contributed by atoms with Gasteiger partial charge >= 0.3 is 0 Å². The molecule has 3 fully saturated rings. The van der Waals surface area contributed by atoms with E-state index >= 15 is 0 Å². The third-order valence-corrected chi connectivity index (χ3v) is 5.46.